The van der Waals surface area contributed by atoms with Crippen molar-refractivity contribution in [2.45, 2.75) is 89.9 Å². The SMILES string of the molecule is CCCCCCC(CCCCCC)(Cc1ccccc1Cl)c1ccccc1Cl. The predicted molar refractivity (Wildman–Crippen MR) is 126 cm³/mol. The van der Waals surface area contributed by atoms with Crippen molar-refractivity contribution in [3.8, 4) is 0 Å². The molecule has 2 heteroatoms. The van der Waals surface area contributed by atoms with Crippen molar-refractivity contribution in [3.05, 3.63) is 69.7 Å². The summed E-state index contributed by atoms with van der Waals surface area (Å²) in [6.07, 6.45) is 13.5. The lowest BCUT2D eigenvalue weighted by Gasteiger charge is -2.36. The van der Waals surface area contributed by atoms with E-state index in [9.17, 15) is 0 Å². The van der Waals surface area contributed by atoms with E-state index in [-0.39, 0.29) is 5.41 Å². The van der Waals surface area contributed by atoms with Gasteiger partial charge in [-0.1, -0.05) is 125 Å². The molecule has 0 radical (unpaired) electrons. The summed E-state index contributed by atoms with van der Waals surface area (Å²) < 4.78 is 0. The molecule has 0 aliphatic carbocycles. The lowest BCUT2D eigenvalue weighted by Crippen LogP contribution is -2.30. The van der Waals surface area contributed by atoms with Crippen LogP contribution in [0.3, 0.4) is 0 Å². The molecule has 2 aromatic carbocycles. The van der Waals surface area contributed by atoms with Crippen molar-refractivity contribution in [2.24, 2.45) is 0 Å². The van der Waals surface area contributed by atoms with Crippen molar-refractivity contribution in [1.82, 2.24) is 0 Å². The van der Waals surface area contributed by atoms with Crippen LogP contribution in [0.5, 0.6) is 0 Å². The van der Waals surface area contributed by atoms with Crippen LogP contribution in [0.15, 0.2) is 48.5 Å². The Balaban J connectivity index is 2.37. The first kappa shape index (κ1) is 23.3. The minimum atomic E-state index is 0.0603. The third-order valence-electron chi connectivity index (χ3n) is 5.95. The molecule has 2 rings (SSSR count). The Hall–Kier alpha value is -0.980. The fourth-order valence-corrected chi connectivity index (χ4v) is 4.88. The Morgan fingerprint density at radius 2 is 1.18 bits per heavy atom. The van der Waals surface area contributed by atoms with Crippen LogP contribution in [0.25, 0.3) is 0 Å². The zero-order valence-electron chi connectivity index (χ0n) is 17.7. The van der Waals surface area contributed by atoms with E-state index in [1.165, 1.54) is 75.3 Å². The minimum absolute atomic E-state index is 0.0603. The van der Waals surface area contributed by atoms with Crippen molar-refractivity contribution < 1.29 is 0 Å². The molecular formula is C26H36Cl2. The van der Waals surface area contributed by atoms with Crippen molar-refractivity contribution >= 4 is 23.2 Å². The average Bonchev–Trinajstić information content (AvgIpc) is 2.70. The summed E-state index contributed by atoms with van der Waals surface area (Å²) in [7, 11) is 0. The minimum Gasteiger partial charge on any atom is -0.0840 e. The summed E-state index contributed by atoms with van der Waals surface area (Å²) in [5.74, 6) is 0. The van der Waals surface area contributed by atoms with Gasteiger partial charge in [-0.25, -0.2) is 0 Å². The van der Waals surface area contributed by atoms with Gasteiger partial charge in [-0.2, -0.15) is 0 Å². The third-order valence-corrected chi connectivity index (χ3v) is 6.65. The van der Waals surface area contributed by atoms with E-state index in [1.54, 1.807) is 0 Å². The highest BCUT2D eigenvalue weighted by atomic mass is 35.5. The van der Waals surface area contributed by atoms with Crippen molar-refractivity contribution in [1.29, 1.82) is 0 Å². The van der Waals surface area contributed by atoms with Gasteiger partial charge in [-0.3, -0.25) is 0 Å². The molecule has 0 nitrogen and oxygen atoms in total. The second kappa shape index (κ2) is 12.6. The van der Waals surface area contributed by atoms with E-state index < -0.39 is 0 Å². The number of hydrogen-bond acceptors (Lipinski definition) is 0. The summed E-state index contributed by atoms with van der Waals surface area (Å²) in [6, 6.07) is 16.8. The summed E-state index contributed by atoms with van der Waals surface area (Å²) >= 11 is 13.4. The maximum Gasteiger partial charge on any atom is 0.0443 e. The first-order valence-electron chi connectivity index (χ1n) is 11.1. The Morgan fingerprint density at radius 3 is 1.71 bits per heavy atom. The van der Waals surface area contributed by atoms with Gasteiger partial charge in [0.25, 0.3) is 0 Å². The first-order chi connectivity index (χ1) is 13.6. The fourth-order valence-electron chi connectivity index (χ4n) is 4.34. The van der Waals surface area contributed by atoms with E-state index in [2.05, 4.69) is 44.2 Å². The fraction of sp³-hybridized carbons (Fsp3) is 0.538. The molecule has 2 aromatic rings. The zero-order valence-corrected chi connectivity index (χ0v) is 19.2. The average molecular weight is 419 g/mol. The Morgan fingerprint density at radius 1 is 0.643 bits per heavy atom. The maximum absolute atomic E-state index is 6.76. The van der Waals surface area contributed by atoms with Crippen LogP contribution in [-0.2, 0) is 11.8 Å². The van der Waals surface area contributed by atoms with Gasteiger partial charge in [0.2, 0.25) is 0 Å². The van der Waals surface area contributed by atoms with Gasteiger partial charge in [0.05, 0.1) is 0 Å². The molecule has 0 unspecified atom stereocenters. The Labute approximate surface area is 182 Å². The monoisotopic (exact) mass is 418 g/mol. The molecule has 0 spiro atoms. The quantitative estimate of drug-likeness (QED) is 0.284. The topological polar surface area (TPSA) is 0 Å². The van der Waals surface area contributed by atoms with Crippen LogP contribution in [0, 0.1) is 0 Å². The number of unbranched alkanes of at least 4 members (excludes halogenated alkanes) is 6. The van der Waals surface area contributed by atoms with Crippen LogP contribution in [0.4, 0.5) is 0 Å². The van der Waals surface area contributed by atoms with Gasteiger partial charge in [-0.05, 0) is 42.5 Å². The lowest BCUT2D eigenvalue weighted by molar-refractivity contribution is 0.331. The van der Waals surface area contributed by atoms with Crippen LogP contribution in [0.1, 0.15) is 89.2 Å². The number of halogens is 2. The normalized spacial score (nSPS) is 11.7. The van der Waals surface area contributed by atoms with Crippen LogP contribution in [0.2, 0.25) is 10.0 Å². The first-order valence-corrected chi connectivity index (χ1v) is 11.9. The summed E-state index contributed by atoms with van der Waals surface area (Å²) in [6.45, 7) is 4.55. The molecule has 154 valence electrons. The maximum atomic E-state index is 6.76. The molecule has 0 saturated carbocycles. The molecule has 0 aromatic heterocycles. The van der Waals surface area contributed by atoms with E-state index in [1.807, 2.05) is 18.2 Å². The molecule has 0 saturated heterocycles. The Bertz CT molecular complexity index is 680. The van der Waals surface area contributed by atoms with Crippen molar-refractivity contribution in [3.63, 3.8) is 0 Å². The van der Waals surface area contributed by atoms with E-state index in [0.29, 0.717) is 0 Å². The molecule has 0 aliphatic heterocycles. The molecule has 0 fully saturated rings. The summed E-state index contributed by atoms with van der Waals surface area (Å²) in [4.78, 5) is 0. The summed E-state index contributed by atoms with van der Waals surface area (Å²) in [5.41, 5.74) is 2.62. The highest BCUT2D eigenvalue weighted by molar-refractivity contribution is 6.31. The second-order valence-electron chi connectivity index (χ2n) is 8.15. The lowest BCUT2D eigenvalue weighted by atomic mass is 9.68. The predicted octanol–water partition coefficient (Wildman–Crippen LogP) is 9.41. The largest absolute Gasteiger partial charge is 0.0840 e. The molecule has 0 N–H and O–H groups in total. The Kier molecular flexibility index (Phi) is 10.4. The molecule has 0 aliphatic rings. The van der Waals surface area contributed by atoms with Gasteiger partial charge in [-0.15, -0.1) is 0 Å². The smallest absolute Gasteiger partial charge is 0.0443 e. The number of rotatable bonds is 13. The highest BCUT2D eigenvalue weighted by Gasteiger charge is 2.33. The number of hydrogen-bond donors (Lipinski definition) is 0. The molecule has 28 heavy (non-hydrogen) atoms. The van der Waals surface area contributed by atoms with Crippen LogP contribution in [-0.4, -0.2) is 0 Å². The van der Waals surface area contributed by atoms with Crippen LogP contribution >= 0.6 is 23.2 Å². The highest BCUT2D eigenvalue weighted by Crippen LogP contribution is 2.43. The third kappa shape index (κ3) is 6.82. The molecule has 0 heterocycles. The number of benzene rings is 2. The zero-order chi connectivity index (χ0) is 20.2. The molecule has 0 atom stereocenters. The standard InChI is InChI=1S/C26H36Cl2/c1-3-5-7-13-19-26(20-14-8-6-4-2,23-16-10-12-18-25(23)28)21-22-15-9-11-17-24(22)27/h9-12,15-18H,3-8,13-14,19-21H2,1-2H3. The van der Waals surface area contributed by atoms with Crippen LogP contribution < -0.4 is 0 Å². The van der Waals surface area contributed by atoms with Gasteiger partial charge in [0, 0.05) is 15.5 Å². The van der Waals surface area contributed by atoms with Gasteiger partial charge >= 0.3 is 0 Å². The molecular weight excluding hydrogens is 383 g/mol. The summed E-state index contributed by atoms with van der Waals surface area (Å²) in [5, 5.41) is 1.78. The van der Waals surface area contributed by atoms with Gasteiger partial charge in [0.15, 0.2) is 0 Å². The van der Waals surface area contributed by atoms with Gasteiger partial charge in [0.1, 0.15) is 0 Å². The van der Waals surface area contributed by atoms with E-state index >= 15 is 0 Å². The van der Waals surface area contributed by atoms with E-state index in [0.717, 1.165) is 16.5 Å². The molecule has 0 amide bonds. The van der Waals surface area contributed by atoms with Crippen molar-refractivity contribution in [2.75, 3.05) is 0 Å². The van der Waals surface area contributed by atoms with E-state index in [4.69, 9.17) is 23.2 Å². The second-order valence-corrected chi connectivity index (χ2v) is 8.96. The molecule has 0 bridgehead atoms. The van der Waals surface area contributed by atoms with Gasteiger partial charge < -0.3 is 0 Å².